The smallest absolute Gasteiger partial charge is 0.343 e. The summed E-state index contributed by atoms with van der Waals surface area (Å²) in [6.45, 7) is 2.26. The highest BCUT2D eigenvalue weighted by Gasteiger charge is 2.42. The maximum Gasteiger partial charge on any atom is 0.343 e. The zero-order valence-electron chi connectivity index (χ0n) is 16.5. The largest absolute Gasteiger partial charge is 0.494 e. The highest BCUT2D eigenvalue weighted by Crippen LogP contribution is 2.38. The van der Waals surface area contributed by atoms with Crippen molar-refractivity contribution in [2.45, 2.75) is 18.4 Å². The first kappa shape index (κ1) is 21.1. The van der Waals surface area contributed by atoms with Crippen molar-refractivity contribution in [1.29, 1.82) is 0 Å². The van der Waals surface area contributed by atoms with Gasteiger partial charge in [0.1, 0.15) is 16.5 Å². The van der Waals surface area contributed by atoms with Crippen LogP contribution in [0.15, 0.2) is 71.6 Å². The number of fused-ring (bicyclic) bond motifs is 1. The first-order valence-corrected chi connectivity index (χ1v) is 11.3. The van der Waals surface area contributed by atoms with E-state index in [1.807, 2.05) is 6.92 Å². The average Bonchev–Trinajstić information content (AvgIpc) is 2.74. The quantitative estimate of drug-likeness (QED) is 0.524. The predicted octanol–water partition coefficient (Wildman–Crippen LogP) is 5.21. The van der Waals surface area contributed by atoms with Crippen molar-refractivity contribution < 1.29 is 22.3 Å². The number of ether oxygens (including phenoxy) is 1. The Morgan fingerprint density at radius 1 is 1.03 bits per heavy atom. The van der Waals surface area contributed by atoms with Gasteiger partial charge in [-0.05, 0) is 61.0 Å². The number of hydrogen-bond donors (Lipinski definition) is 0. The fraction of sp³-hybridized carbons (Fsp3) is 0.136. The molecule has 0 aliphatic carbocycles. The number of urea groups is 1. The van der Waals surface area contributed by atoms with Crippen LogP contribution in [-0.2, 0) is 16.6 Å². The molecule has 3 aromatic carbocycles. The predicted molar refractivity (Wildman–Crippen MR) is 117 cm³/mol. The van der Waals surface area contributed by atoms with Crippen molar-refractivity contribution in [3.05, 3.63) is 83.1 Å². The average molecular weight is 461 g/mol. The molecule has 0 spiro atoms. The van der Waals surface area contributed by atoms with Crippen LogP contribution in [0.4, 0.5) is 20.6 Å². The van der Waals surface area contributed by atoms with E-state index >= 15 is 0 Å². The van der Waals surface area contributed by atoms with Gasteiger partial charge in [0.05, 0.1) is 24.5 Å². The van der Waals surface area contributed by atoms with Gasteiger partial charge in [-0.15, -0.1) is 0 Å². The molecule has 1 aliphatic rings. The summed E-state index contributed by atoms with van der Waals surface area (Å²) in [7, 11) is -4.14. The SMILES string of the molecule is CCOc1ccc(N2C(=O)N(Cc3ccc(F)cc3Cl)c3ccccc3S2(=O)=O)cc1. The number of nitrogens with zero attached hydrogens (tertiary/aromatic N) is 2. The van der Waals surface area contributed by atoms with Crippen LogP contribution in [-0.4, -0.2) is 21.1 Å². The summed E-state index contributed by atoms with van der Waals surface area (Å²) in [5.41, 5.74) is 0.894. The highest BCUT2D eigenvalue weighted by molar-refractivity contribution is 7.94. The van der Waals surface area contributed by atoms with Gasteiger partial charge in [0.2, 0.25) is 0 Å². The third-order valence-corrected chi connectivity index (χ3v) is 6.91. The van der Waals surface area contributed by atoms with Crippen LogP contribution in [0.5, 0.6) is 5.75 Å². The molecule has 31 heavy (non-hydrogen) atoms. The molecular formula is C22H18ClFN2O4S. The minimum atomic E-state index is -4.14. The number of benzene rings is 3. The molecule has 0 aromatic heterocycles. The summed E-state index contributed by atoms with van der Waals surface area (Å²) in [5, 5.41) is 0.145. The molecule has 0 N–H and O–H groups in total. The van der Waals surface area contributed by atoms with Crippen LogP contribution in [0.25, 0.3) is 0 Å². The monoisotopic (exact) mass is 460 g/mol. The van der Waals surface area contributed by atoms with Crippen LogP contribution in [0.3, 0.4) is 0 Å². The van der Waals surface area contributed by atoms with Gasteiger partial charge >= 0.3 is 6.03 Å². The van der Waals surface area contributed by atoms with E-state index < -0.39 is 21.9 Å². The van der Waals surface area contributed by atoms with E-state index in [1.165, 1.54) is 35.2 Å². The van der Waals surface area contributed by atoms with E-state index in [1.54, 1.807) is 30.3 Å². The third-order valence-electron chi connectivity index (χ3n) is 4.80. The van der Waals surface area contributed by atoms with Gasteiger partial charge in [-0.25, -0.2) is 17.6 Å². The van der Waals surface area contributed by atoms with Gasteiger partial charge < -0.3 is 4.74 Å². The molecule has 2 amide bonds. The molecule has 1 aliphatic heterocycles. The lowest BCUT2D eigenvalue weighted by Gasteiger charge is -2.36. The Balaban J connectivity index is 1.81. The van der Waals surface area contributed by atoms with Crippen LogP contribution in [0, 0.1) is 5.82 Å². The molecular weight excluding hydrogens is 443 g/mol. The van der Waals surface area contributed by atoms with Gasteiger partial charge in [-0.3, -0.25) is 4.90 Å². The summed E-state index contributed by atoms with van der Waals surface area (Å²) in [6, 6.07) is 15.6. The number of sulfonamides is 1. The molecule has 9 heteroatoms. The number of rotatable bonds is 5. The van der Waals surface area contributed by atoms with E-state index in [4.69, 9.17) is 16.3 Å². The van der Waals surface area contributed by atoms with Gasteiger partial charge in [0, 0.05) is 5.02 Å². The molecule has 0 saturated heterocycles. The number of hydrogen-bond acceptors (Lipinski definition) is 4. The van der Waals surface area contributed by atoms with Crippen LogP contribution < -0.4 is 13.9 Å². The van der Waals surface area contributed by atoms with Crippen LogP contribution in [0.1, 0.15) is 12.5 Å². The molecule has 160 valence electrons. The molecule has 0 saturated carbocycles. The number of amides is 2. The first-order chi connectivity index (χ1) is 14.8. The number of carbonyl (C=O) groups excluding carboxylic acids is 1. The van der Waals surface area contributed by atoms with E-state index in [-0.39, 0.29) is 27.8 Å². The van der Waals surface area contributed by atoms with Gasteiger partial charge in [0.25, 0.3) is 10.0 Å². The maximum absolute atomic E-state index is 13.5. The van der Waals surface area contributed by atoms with Crippen molar-refractivity contribution in [1.82, 2.24) is 0 Å². The zero-order valence-corrected chi connectivity index (χ0v) is 18.0. The van der Waals surface area contributed by atoms with Gasteiger partial charge in [-0.2, -0.15) is 4.31 Å². The first-order valence-electron chi connectivity index (χ1n) is 9.45. The van der Waals surface area contributed by atoms with E-state index in [0.29, 0.717) is 17.9 Å². The van der Waals surface area contributed by atoms with Crippen molar-refractivity contribution in [3.8, 4) is 5.75 Å². The fourth-order valence-corrected chi connectivity index (χ4v) is 5.20. The Morgan fingerprint density at radius 2 is 1.74 bits per heavy atom. The molecule has 6 nitrogen and oxygen atoms in total. The maximum atomic E-state index is 13.5. The van der Waals surface area contributed by atoms with Crippen molar-refractivity contribution in [2.24, 2.45) is 0 Å². The molecule has 3 aromatic rings. The molecule has 0 fully saturated rings. The highest BCUT2D eigenvalue weighted by atomic mass is 35.5. The van der Waals surface area contributed by atoms with Gasteiger partial charge in [-0.1, -0.05) is 29.8 Å². The standard InChI is InChI=1S/C22H18ClFN2O4S/c1-2-30-18-11-9-17(10-12-18)26-22(27)25(14-15-7-8-16(24)13-19(15)23)20-5-3-4-6-21(20)31(26,28)29/h3-13H,2,14H2,1H3. The Kier molecular flexibility index (Phi) is 5.60. The second-order valence-electron chi connectivity index (χ2n) is 6.77. The molecule has 0 radical (unpaired) electrons. The Bertz CT molecular complexity index is 1250. The second-order valence-corrected chi connectivity index (χ2v) is 8.93. The van der Waals surface area contributed by atoms with E-state index in [9.17, 15) is 17.6 Å². The Labute approximate surface area is 184 Å². The number of anilines is 2. The van der Waals surface area contributed by atoms with Crippen LogP contribution >= 0.6 is 11.6 Å². The Morgan fingerprint density at radius 3 is 2.42 bits per heavy atom. The molecule has 4 rings (SSSR count). The van der Waals surface area contributed by atoms with Gasteiger partial charge in [0.15, 0.2) is 0 Å². The summed E-state index contributed by atoms with van der Waals surface area (Å²) >= 11 is 6.16. The lowest BCUT2D eigenvalue weighted by molar-refractivity contribution is 0.253. The number of halogens is 2. The second kappa shape index (κ2) is 8.20. The minimum Gasteiger partial charge on any atom is -0.494 e. The van der Waals surface area contributed by atoms with Crippen LogP contribution in [0.2, 0.25) is 5.02 Å². The van der Waals surface area contributed by atoms with Crippen molar-refractivity contribution in [2.75, 3.05) is 15.8 Å². The summed E-state index contributed by atoms with van der Waals surface area (Å²) in [4.78, 5) is 14.7. The molecule has 1 heterocycles. The zero-order chi connectivity index (χ0) is 22.2. The Hall–Kier alpha value is -3.10. The lowest BCUT2D eigenvalue weighted by Crippen LogP contribution is -2.50. The van der Waals surface area contributed by atoms with Crippen molar-refractivity contribution in [3.63, 3.8) is 0 Å². The molecule has 0 atom stereocenters. The molecule has 0 unspecified atom stereocenters. The normalized spacial score (nSPS) is 15.0. The van der Waals surface area contributed by atoms with E-state index in [0.717, 1.165) is 10.4 Å². The third kappa shape index (κ3) is 3.84. The summed E-state index contributed by atoms with van der Waals surface area (Å²) in [5.74, 6) is 0.0566. The summed E-state index contributed by atoms with van der Waals surface area (Å²) in [6.07, 6.45) is 0. The molecule has 0 bridgehead atoms. The minimum absolute atomic E-state index is 0.0123. The lowest BCUT2D eigenvalue weighted by atomic mass is 10.2. The fourth-order valence-electron chi connectivity index (χ4n) is 3.38. The topological polar surface area (TPSA) is 66.9 Å². The number of carbonyl (C=O) groups is 1. The summed E-state index contributed by atoms with van der Waals surface area (Å²) < 4.78 is 46.2. The van der Waals surface area contributed by atoms with Crippen molar-refractivity contribution >= 4 is 39.0 Å². The van der Waals surface area contributed by atoms with E-state index in [2.05, 4.69) is 0 Å². The number of para-hydroxylation sites is 1.